The molecule has 9 aromatic carbocycles. The minimum atomic E-state index is 1.10. The van der Waals surface area contributed by atoms with Crippen LogP contribution in [0.2, 0.25) is 0 Å². The predicted molar refractivity (Wildman–Crippen MR) is 221 cm³/mol. The number of para-hydroxylation sites is 2. The summed E-state index contributed by atoms with van der Waals surface area (Å²) in [5.41, 5.74) is 11.7. The van der Waals surface area contributed by atoms with E-state index in [1.54, 1.807) is 0 Å². The quantitative estimate of drug-likeness (QED) is 0.172. The van der Waals surface area contributed by atoms with Crippen LogP contribution < -0.4 is 4.90 Å². The van der Waals surface area contributed by atoms with E-state index in [2.05, 4.69) is 216 Å². The van der Waals surface area contributed by atoms with Gasteiger partial charge in [0.2, 0.25) is 0 Å². The molecule has 244 valence electrons. The molecule has 0 saturated heterocycles. The molecule has 0 saturated carbocycles. The fourth-order valence-electron chi connectivity index (χ4n) is 7.94. The summed E-state index contributed by atoms with van der Waals surface area (Å²) in [4.78, 5) is 2.39. The van der Waals surface area contributed by atoms with E-state index in [0.29, 0.717) is 0 Å². The van der Waals surface area contributed by atoms with Gasteiger partial charge >= 0.3 is 0 Å². The lowest BCUT2D eigenvalue weighted by Gasteiger charge is -2.27. The largest absolute Gasteiger partial charge is 0.310 e. The summed E-state index contributed by atoms with van der Waals surface area (Å²) in [5, 5.41) is 7.42. The van der Waals surface area contributed by atoms with Gasteiger partial charge < -0.3 is 9.47 Å². The highest BCUT2D eigenvalue weighted by Gasteiger charge is 2.21. The van der Waals surface area contributed by atoms with Gasteiger partial charge in [-0.15, -0.1) is 0 Å². The Hall–Kier alpha value is -6.90. The lowest BCUT2D eigenvalue weighted by Crippen LogP contribution is -2.10. The van der Waals surface area contributed by atoms with Crippen molar-refractivity contribution in [3.8, 4) is 27.9 Å². The predicted octanol–water partition coefficient (Wildman–Crippen LogP) is 13.9. The maximum absolute atomic E-state index is 2.42. The van der Waals surface area contributed by atoms with Crippen LogP contribution in [0.15, 0.2) is 206 Å². The van der Waals surface area contributed by atoms with Crippen molar-refractivity contribution in [3.63, 3.8) is 0 Å². The van der Waals surface area contributed by atoms with Gasteiger partial charge in [-0.05, 0) is 104 Å². The molecule has 0 unspecified atom stereocenters. The first-order valence-electron chi connectivity index (χ1n) is 17.9. The Balaban J connectivity index is 1.22. The van der Waals surface area contributed by atoms with E-state index in [4.69, 9.17) is 0 Å². The summed E-state index contributed by atoms with van der Waals surface area (Å²) in [5.74, 6) is 0. The molecule has 0 N–H and O–H groups in total. The number of hydrogen-bond acceptors (Lipinski definition) is 1. The zero-order valence-corrected chi connectivity index (χ0v) is 28.5. The topological polar surface area (TPSA) is 8.17 Å². The van der Waals surface area contributed by atoms with Crippen LogP contribution in [0.5, 0.6) is 0 Å². The third kappa shape index (κ3) is 5.04. The van der Waals surface area contributed by atoms with E-state index in [0.717, 1.165) is 22.7 Å². The molecule has 10 aromatic rings. The zero-order chi connectivity index (χ0) is 34.4. The fourth-order valence-corrected chi connectivity index (χ4v) is 7.94. The van der Waals surface area contributed by atoms with Crippen LogP contribution in [-0.2, 0) is 0 Å². The second-order valence-corrected chi connectivity index (χ2v) is 13.4. The molecule has 0 radical (unpaired) electrons. The first kappa shape index (κ1) is 30.0. The smallest absolute Gasteiger partial charge is 0.0553 e. The molecule has 0 aliphatic heterocycles. The molecule has 0 bridgehead atoms. The molecule has 2 heteroatoms. The molecule has 0 aliphatic carbocycles. The van der Waals surface area contributed by atoms with Gasteiger partial charge in [0.05, 0.1) is 11.0 Å². The van der Waals surface area contributed by atoms with Crippen molar-refractivity contribution in [1.29, 1.82) is 0 Å². The molecule has 0 aliphatic rings. The zero-order valence-electron chi connectivity index (χ0n) is 28.5. The normalized spacial score (nSPS) is 11.5. The molecule has 52 heavy (non-hydrogen) atoms. The molecule has 10 rings (SSSR count). The number of rotatable bonds is 6. The number of benzene rings is 9. The molecule has 0 spiro atoms. The van der Waals surface area contributed by atoms with Crippen molar-refractivity contribution in [1.82, 2.24) is 4.57 Å². The second-order valence-electron chi connectivity index (χ2n) is 13.4. The van der Waals surface area contributed by atoms with Crippen LogP contribution in [0.25, 0.3) is 71.3 Å². The molecule has 1 heterocycles. The summed E-state index contributed by atoms with van der Waals surface area (Å²) >= 11 is 0. The number of aromatic nitrogens is 1. The Labute approximate surface area is 303 Å². The van der Waals surface area contributed by atoms with Crippen molar-refractivity contribution < 1.29 is 0 Å². The summed E-state index contributed by atoms with van der Waals surface area (Å²) in [6.45, 7) is 0. The van der Waals surface area contributed by atoms with Gasteiger partial charge in [0.1, 0.15) is 0 Å². The molecular formula is C50H34N2. The van der Waals surface area contributed by atoms with Gasteiger partial charge in [0, 0.05) is 33.5 Å². The summed E-state index contributed by atoms with van der Waals surface area (Å²) in [7, 11) is 0. The Kier molecular flexibility index (Phi) is 7.18. The Morgan fingerprint density at radius 2 is 0.923 bits per heavy atom. The fraction of sp³-hybridized carbons (Fsp3) is 0. The van der Waals surface area contributed by atoms with Crippen LogP contribution in [0.3, 0.4) is 0 Å². The minimum absolute atomic E-state index is 1.10. The number of nitrogens with zero attached hydrogens (tertiary/aromatic N) is 2. The number of fused-ring (bicyclic) bond motifs is 5. The van der Waals surface area contributed by atoms with Gasteiger partial charge in [0.15, 0.2) is 0 Å². The molecular weight excluding hydrogens is 629 g/mol. The molecule has 0 amide bonds. The average Bonchev–Trinajstić information content (AvgIpc) is 3.54. The van der Waals surface area contributed by atoms with Crippen LogP contribution in [0, 0.1) is 0 Å². The van der Waals surface area contributed by atoms with Crippen LogP contribution in [-0.4, -0.2) is 4.57 Å². The van der Waals surface area contributed by atoms with Gasteiger partial charge in [-0.25, -0.2) is 0 Å². The van der Waals surface area contributed by atoms with Crippen LogP contribution in [0.4, 0.5) is 17.1 Å². The van der Waals surface area contributed by atoms with E-state index in [9.17, 15) is 0 Å². The highest BCUT2D eigenvalue weighted by molar-refractivity contribution is 6.23. The Bertz CT molecular complexity index is 2890. The van der Waals surface area contributed by atoms with Crippen molar-refractivity contribution in [2.24, 2.45) is 0 Å². The number of anilines is 3. The second kappa shape index (κ2) is 12.5. The van der Waals surface area contributed by atoms with E-state index >= 15 is 0 Å². The average molecular weight is 663 g/mol. The van der Waals surface area contributed by atoms with Gasteiger partial charge in [-0.1, -0.05) is 146 Å². The van der Waals surface area contributed by atoms with Gasteiger partial charge in [0.25, 0.3) is 0 Å². The Morgan fingerprint density at radius 3 is 1.73 bits per heavy atom. The summed E-state index contributed by atoms with van der Waals surface area (Å²) < 4.78 is 2.42. The number of hydrogen-bond donors (Lipinski definition) is 0. The minimum Gasteiger partial charge on any atom is -0.310 e. The SMILES string of the molecule is c1ccc(-c2ccc(N(c3cccc(-c4c5ccccc5cc5c4c4ccccc4n5-c4ccccc4)c3)c3ccc4ccccc4c3)cc2)cc1. The first-order valence-corrected chi connectivity index (χ1v) is 17.9. The highest BCUT2D eigenvalue weighted by atomic mass is 15.1. The Morgan fingerprint density at radius 1 is 0.327 bits per heavy atom. The maximum atomic E-state index is 2.42. The third-order valence-corrected chi connectivity index (χ3v) is 10.3. The van der Waals surface area contributed by atoms with E-state index in [-0.39, 0.29) is 0 Å². The van der Waals surface area contributed by atoms with Gasteiger partial charge in [-0.3, -0.25) is 0 Å². The lowest BCUT2D eigenvalue weighted by molar-refractivity contribution is 1.18. The summed E-state index contributed by atoms with van der Waals surface area (Å²) in [6, 6.07) is 74.7. The maximum Gasteiger partial charge on any atom is 0.0553 e. The van der Waals surface area contributed by atoms with Crippen molar-refractivity contribution >= 4 is 60.4 Å². The lowest BCUT2D eigenvalue weighted by atomic mass is 9.92. The van der Waals surface area contributed by atoms with E-state index < -0.39 is 0 Å². The third-order valence-electron chi connectivity index (χ3n) is 10.3. The van der Waals surface area contributed by atoms with Gasteiger partial charge in [-0.2, -0.15) is 0 Å². The van der Waals surface area contributed by atoms with E-state index in [1.807, 2.05) is 0 Å². The van der Waals surface area contributed by atoms with Crippen LogP contribution in [0.1, 0.15) is 0 Å². The monoisotopic (exact) mass is 662 g/mol. The molecule has 0 fully saturated rings. The molecule has 0 atom stereocenters. The standard InChI is InChI=1S/C50H34N2/c1-3-14-35(15-4-1)37-26-29-42(30-27-37)51(44-31-28-36-16-7-8-17-38(36)32-44)43-22-13-19-40(33-43)49-45-23-10-9-18-39(45)34-48-50(49)46-24-11-12-25-47(46)52(48)41-20-5-2-6-21-41/h1-34H. The molecule has 1 aromatic heterocycles. The van der Waals surface area contributed by atoms with Crippen molar-refractivity contribution in [2.45, 2.75) is 0 Å². The summed E-state index contributed by atoms with van der Waals surface area (Å²) in [6.07, 6.45) is 0. The van der Waals surface area contributed by atoms with Crippen molar-refractivity contribution in [3.05, 3.63) is 206 Å². The van der Waals surface area contributed by atoms with E-state index in [1.165, 1.54) is 65.6 Å². The van der Waals surface area contributed by atoms with Crippen molar-refractivity contribution in [2.75, 3.05) is 4.90 Å². The highest BCUT2D eigenvalue weighted by Crippen LogP contribution is 2.45. The molecule has 2 nitrogen and oxygen atoms in total. The first-order chi connectivity index (χ1) is 25.8. The van der Waals surface area contributed by atoms with Crippen LogP contribution >= 0.6 is 0 Å².